The monoisotopic (exact) mass is 308 g/mol. The molecule has 2 unspecified atom stereocenters. The van der Waals surface area contributed by atoms with Crippen LogP contribution in [0.4, 0.5) is 5.69 Å². The molecule has 2 aliphatic heterocycles. The molecule has 0 radical (unpaired) electrons. The van der Waals surface area contributed by atoms with E-state index in [1.165, 1.54) is 19.3 Å². The van der Waals surface area contributed by atoms with Crippen LogP contribution in [0.3, 0.4) is 0 Å². The van der Waals surface area contributed by atoms with E-state index in [0.29, 0.717) is 13.0 Å². The molecular formula is C16H21ClN2O2. The van der Waals surface area contributed by atoms with Crippen LogP contribution < -0.4 is 10.2 Å². The van der Waals surface area contributed by atoms with Gasteiger partial charge in [0.15, 0.2) is 0 Å². The first-order valence-electron chi connectivity index (χ1n) is 7.66. The minimum absolute atomic E-state index is 0.0963. The van der Waals surface area contributed by atoms with Gasteiger partial charge in [0.25, 0.3) is 0 Å². The molecule has 0 spiro atoms. The fourth-order valence-corrected chi connectivity index (χ4v) is 3.62. The number of piperidine rings is 1. The number of carboxylic acid groups (broad SMARTS) is 1. The molecule has 0 saturated carbocycles. The SMILES string of the molecule is O=C(O)C1CNC(c2ccc(N3CCCCC3)c(Cl)c2)C1. The van der Waals surface area contributed by atoms with Gasteiger partial charge < -0.3 is 15.3 Å². The fourth-order valence-electron chi connectivity index (χ4n) is 3.31. The summed E-state index contributed by atoms with van der Waals surface area (Å²) in [6, 6.07) is 6.25. The minimum atomic E-state index is -0.721. The molecule has 0 aliphatic carbocycles. The zero-order valence-corrected chi connectivity index (χ0v) is 12.8. The van der Waals surface area contributed by atoms with E-state index in [4.69, 9.17) is 16.7 Å². The van der Waals surface area contributed by atoms with Gasteiger partial charge in [-0.3, -0.25) is 4.79 Å². The Bertz CT molecular complexity index is 529. The Morgan fingerprint density at radius 3 is 2.67 bits per heavy atom. The molecule has 1 aromatic carbocycles. The van der Waals surface area contributed by atoms with E-state index in [2.05, 4.69) is 22.3 Å². The zero-order valence-electron chi connectivity index (χ0n) is 12.0. The van der Waals surface area contributed by atoms with Crippen molar-refractivity contribution in [3.05, 3.63) is 28.8 Å². The molecule has 2 atom stereocenters. The number of halogens is 1. The molecule has 1 aromatic rings. The molecule has 0 bridgehead atoms. The first-order chi connectivity index (χ1) is 10.1. The largest absolute Gasteiger partial charge is 0.481 e. The van der Waals surface area contributed by atoms with Crippen LogP contribution in [0.1, 0.15) is 37.3 Å². The molecule has 3 rings (SSSR count). The number of hydrogen-bond acceptors (Lipinski definition) is 3. The van der Waals surface area contributed by atoms with E-state index in [0.717, 1.165) is 29.4 Å². The summed E-state index contributed by atoms with van der Waals surface area (Å²) in [6.45, 7) is 2.68. The van der Waals surface area contributed by atoms with Crippen molar-refractivity contribution >= 4 is 23.3 Å². The topological polar surface area (TPSA) is 52.6 Å². The maximum atomic E-state index is 11.0. The number of anilines is 1. The number of nitrogens with zero attached hydrogens (tertiary/aromatic N) is 1. The summed E-state index contributed by atoms with van der Waals surface area (Å²) in [4.78, 5) is 13.4. The van der Waals surface area contributed by atoms with Crippen molar-refractivity contribution in [3.8, 4) is 0 Å². The second-order valence-electron chi connectivity index (χ2n) is 5.99. The Kier molecular flexibility index (Phi) is 4.36. The van der Waals surface area contributed by atoms with E-state index >= 15 is 0 Å². The minimum Gasteiger partial charge on any atom is -0.481 e. The summed E-state index contributed by atoms with van der Waals surface area (Å²) in [5.74, 6) is -1.02. The lowest BCUT2D eigenvalue weighted by molar-refractivity contribution is -0.141. The van der Waals surface area contributed by atoms with Gasteiger partial charge in [0.1, 0.15) is 0 Å². The quantitative estimate of drug-likeness (QED) is 0.901. The maximum absolute atomic E-state index is 11.0. The van der Waals surface area contributed by atoms with Crippen LogP contribution in [-0.2, 0) is 4.79 Å². The van der Waals surface area contributed by atoms with Gasteiger partial charge in [-0.25, -0.2) is 0 Å². The molecule has 2 N–H and O–H groups in total. The number of nitrogens with one attached hydrogen (secondary N) is 1. The van der Waals surface area contributed by atoms with Crippen molar-refractivity contribution in [2.24, 2.45) is 5.92 Å². The summed E-state index contributed by atoms with van der Waals surface area (Å²) < 4.78 is 0. The van der Waals surface area contributed by atoms with Crippen molar-refractivity contribution in [1.29, 1.82) is 0 Å². The number of aliphatic carboxylic acids is 1. The number of rotatable bonds is 3. The predicted molar refractivity (Wildman–Crippen MR) is 84.0 cm³/mol. The van der Waals surface area contributed by atoms with E-state index in [1.807, 2.05) is 6.07 Å². The van der Waals surface area contributed by atoms with Crippen LogP contribution in [-0.4, -0.2) is 30.7 Å². The van der Waals surface area contributed by atoms with Crippen molar-refractivity contribution < 1.29 is 9.90 Å². The molecule has 5 heteroatoms. The second-order valence-corrected chi connectivity index (χ2v) is 6.40. The average Bonchev–Trinajstić information content (AvgIpc) is 2.98. The normalized spacial score (nSPS) is 26.0. The Labute approximate surface area is 130 Å². The molecular weight excluding hydrogens is 288 g/mol. The molecule has 2 heterocycles. The van der Waals surface area contributed by atoms with Crippen molar-refractivity contribution in [2.45, 2.75) is 31.7 Å². The third-order valence-electron chi connectivity index (χ3n) is 4.55. The first kappa shape index (κ1) is 14.7. The highest BCUT2D eigenvalue weighted by Crippen LogP contribution is 2.34. The summed E-state index contributed by atoms with van der Waals surface area (Å²) >= 11 is 6.45. The summed E-state index contributed by atoms with van der Waals surface area (Å²) in [5.41, 5.74) is 2.19. The van der Waals surface area contributed by atoms with E-state index in [-0.39, 0.29) is 12.0 Å². The molecule has 0 aromatic heterocycles. The van der Waals surface area contributed by atoms with E-state index < -0.39 is 5.97 Å². The van der Waals surface area contributed by atoms with Gasteiger partial charge in [-0.15, -0.1) is 0 Å². The fraction of sp³-hybridized carbons (Fsp3) is 0.562. The van der Waals surface area contributed by atoms with Crippen molar-refractivity contribution in [2.75, 3.05) is 24.5 Å². The average molecular weight is 309 g/mol. The highest BCUT2D eigenvalue weighted by Gasteiger charge is 2.30. The van der Waals surface area contributed by atoms with Gasteiger partial charge in [0.2, 0.25) is 0 Å². The summed E-state index contributed by atoms with van der Waals surface area (Å²) in [7, 11) is 0. The van der Waals surface area contributed by atoms with E-state index in [9.17, 15) is 4.79 Å². The first-order valence-corrected chi connectivity index (χ1v) is 8.03. The highest BCUT2D eigenvalue weighted by atomic mass is 35.5. The van der Waals surface area contributed by atoms with Gasteiger partial charge >= 0.3 is 5.97 Å². The van der Waals surface area contributed by atoms with Crippen LogP contribution in [0.15, 0.2) is 18.2 Å². The number of hydrogen-bond donors (Lipinski definition) is 2. The van der Waals surface area contributed by atoms with Crippen molar-refractivity contribution in [1.82, 2.24) is 5.32 Å². The smallest absolute Gasteiger partial charge is 0.307 e. The standard InChI is InChI=1S/C16H21ClN2O2/c17-13-8-11(14-9-12(10-18-14)16(20)21)4-5-15(13)19-6-2-1-3-7-19/h4-5,8,12,14,18H,1-3,6-7,9-10H2,(H,20,21). The zero-order chi connectivity index (χ0) is 14.8. The van der Waals surface area contributed by atoms with Gasteiger partial charge in [-0.2, -0.15) is 0 Å². The lowest BCUT2D eigenvalue weighted by Crippen LogP contribution is -2.29. The van der Waals surface area contributed by atoms with Gasteiger partial charge in [-0.05, 0) is 43.4 Å². The Morgan fingerprint density at radius 2 is 2.05 bits per heavy atom. The molecule has 114 valence electrons. The molecule has 21 heavy (non-hydrogen) atoms. The highest BCUT2D eigenvalue weighted by molar-refractivity contribution is 6.33. The van der Waals surface area contributed by atoms with Crippen LogP contribution in [0.5, 0.6) is 0 Å². The molecule has 2 saturated heterocycles. The molecule has 0 amide bonds. The van der Waals surface area contributed by atoms with E-state index in [1.54, 1.807) is 0 Å². The van der Waals surface area contributed by atoms with Crippen LogP contribution in [0, 0.1) is 5.92 Å². The molecule has 4 nitrogen and oxygen atoms in total. The number of carbonyl (C=O) groups is 1. The van der Waals surface area contributed by atoms with Crippen LogP contribution in [0.2, 0.25) is 5.02 Å². The van der Waals surface area contributed by atoms with Gasteiger partial charge in [0, 0.05) is 25.7 Å². The van der Waals surface area contributed by atoms with Crippen molar-refractivity contribution in [3.63, 3.8) is 0 Å². The number of benzene rings is 1. The predicted octanol–water partition coefficient (Wildman–Crippen LogP) is 3.07. The third-order valence-corrected chi connectivity index (χ3v) is 4.85. The summed E-state index contributed by atoms with van der Waals surface area (Å²) in [6.07, 6.45) is 4.38. The Morgan fingerprint density at radius 1 is 1.29 bits per heavy atom. The van der Waals surface area contributed by atoms with Gasteiger partial charge in [0.05, 0.1) is 16.6 Å². The second kappa shape index (κ2) is 6.24. The Balaban J connectivity index is 1.73. The molecule has 2 fully saturated rings. The van der Waals surface area contributed by atoms with Crippen LogP contribution in [0.25, 0.3) is 0 Å². The van der Waals surface area contributed by atoms with Gasteiger partial charge in [-0.1, -0.05) is 17.7 Å². The Hall–Kier alpha value is -1.26. The number of carboxylic acids is 1. The molecule has 2 aliphatic rings. The summed E-state index contributed by atoms with van der Waals surface area (Å²) in [5, 5.41) is 13.1. The van der Waals surface area contributed by atoms with Crippen LogP contribution >= 0.6 is 11.6 Å². The lowest BCUT2D eigenvalue weighted by atomic mass is 9.99. The lowest BCUT2D eigenvalue weighted by Gasteiger charge is -2.30. The maximum Gasteiger partial charge on any atom is 0.307 e. The third kappa shape index (κ3) is 3.16.